The van der Waals surface area contributed by atoms with Crippen LogP contribution in [0.5, 0.6) is 0 Å². The molecule has 2 N–H and O–H groups in total. The fraction of sp³-hybridized carbons (Fsp3) is 0.471. The second-order valence-corrected chi connectivity index (χ2v) is 7.64. The maximum Gasteiger partial charge on any atom is 0.327 e. The number of piperazine rings is 1. The zero-order valence-electron chi connectivity index (χ0n) is 13.8. The molecule has 0 saturated carbocycles. The monoisotopic (exact) mass is 361 g/mol. The van der Waals surface area contributed by atoms with E-state index < -0.39 is 6.04 Å². The van der Waals surface area contributed by atoms with Gasteiger partial charge in [-0.25, -0.2) is 4.79 Å². The van der Waals surface area contributed by atoms with E-state index in [9.17, 15) is 14.4 Å². The summed E-state index contributed by atoms with van der Waals surface area (Å²) < 4.78 is 0. The number of thioether (sulfide) groups is 1. The molecule has 3 fully saturated rings. The highest BCUT2D eigenvalue weighted by Gasteiger charge is 2.49. The quantitative estimate of drug-likeness (QED) is 0.722. The van der Waals surface area contributed by atoms with Crippen LogP contribution in [0.25, 0.3) is 0 Å². The van der Waals surface area contributed by atoms with Crippen LogP contribution in [0.3, 0.4) is 0 Å². The highest BCUT2D eigenvalue weighted by molar-refractivity contribution is 7.99. The number of fused-ring (bicyclic) bond motifs is 1. The van der Waals surface area contributed by atoms with Crippen molar-refractivity contribution >= 4 is 29.6 Å². The molecule has 8 heteroatoms. The summed E-state index contributed by atoms with van der Waals surface area (Å²) in [6.45, 7) is 1.52. The third-order valence-electron chi connectivity index (χ3n) is 5.02. The van der Waals surface area contributed by atoms with Gasteiger partial charge < -0.3 is 15.1 Å². The maximum absolute atomic E-state index is 12.8. The minimum Gasteiger partial charge on any atom is -0.333 e. The normalized spacial score (nSPS) is 26.3. The molecule has 7 nitrogen and oxygen atoms in total. The predicted octanol–water partition coefficient (Wildman–Crippen LogP) is -0.702. The molecule has 2 atom stereocenters. The first-order chi connectivity index (χ1) is 12.1. The van der Waals surface area contributed by atoms with Gasteiger partial charge in [-0.2, -0.15) is 0 Å². The number of nitrogens with two attached hydrogens (primary N) is 1. The average Bonchev–Trinajstić information content (AvgIpc) is 3.26. The van der Waals surface area contributed by atoms with Crippen LogP contribution >= 0.6 is 11.8 Å². The minimum absolute atomic E-state index is 0.0517. The van der Waals surface area contributed by atoms with Crippen LogP contribution < -0.4 is 5.32 Å². The lowest BCUT2D eigenvalue weighted by atomic mass is 10.1. The third-order valence-corrected chi connectivity index (χ3v) is 6.04. The van der Waals surface area contributed by atoms with Crippen molar-refractivity contribution in [1.82, 2.24) is 14.7 Å². The molecule has 0 spiro atoms. The van der Waals surface area contributed by atoms with Crippen LogP contribution in [-0.4, -0.2) is 75.9 Å². The number of benzene rings is 1. The number of rotatable bonds is 3. The van der Waals surface area contributed by atoms with E-state index in [2.05, 4.69) is 0 Å². The molecule has 4 amide bonds. The molecule has 3 aliphatic heterocycles. The molecule has 0 radical (unpaired) electrons. The van der Waals surface area contributed by atoms with Gasteiger partial charge in [-0.15, -0.1) is 0 Å². The van der Waals surface area contributed by atoms with Gasteiger partial charge in [0.15, 0.2) is 6.04 Å². The van der Waals surface area contributed by atoms with Crippen LogP contribution in [0.4, 0.5) is 4.79 Å². The van der Waals surface area contributed by atoms with Crippen molar-refractivity contribution < 1.29 is 19.7 Å². The van der Waals surface area contributed by atoms with E-state index in [0.29, 0.717) is 19.6 Å². The lowest BCUT2D eigenvalue weighted by Crippen LogP contribution is -2.90. The van der Waals surface area contributed by atoms with E-state index in [-0.39, 0.29) is 30.4 Å². The van der Waals surface area contributed by atoms with Crippen molar-refractivity contribution in [3.63, 3.8) is 0 Å². The Labute approximate surface area is 150 Å². The van der Waals surface area contributed by atoms with Gasteiger partial charge in [0, 0.05) is 13.1 Å². The number of quaternary nitrogens is 1. The van der Waals surface area contributed by atoms with E-state index in [4.69, 9.17) is 0 Å². The maximum atomic E-state index is 12.8. The first-order valence-electron chi connectivity index (χ1n) is 8.51. The molecule has 3 heterocycles. The van der Waals surface area contributed by atoms with Crippen molar-refractivity contribution in [1.29, 1.82) is 0 Å². The molecule has 1 aromatic carbocycles. The molecule has 0 aliphatic carbocycles. The van der Waals surface area contributed by atoms with Crippen LogP contribution in [0.2, 0.25) is 0 Å². The van der Waals surface area contributed by atoms with Gasteiger partial charge in [0.25, 0.3) is 11.8 Å². The van der Waals surface area contributed by atoms with E-state index in [1.807, 2.05) is 35.6 Å². The number of nitrogens with zero attached hydrogens (tertiary/aromatic N) is 3. The zero-order valence-corrected chi connectivity index (χ0v) is 14.7. The Balaban J connectivity index is 1.46. The Morgan fingerprint density at radius 1 is 1.20 bits per heavy atom. The smallest absolute Gasteiger partial charge is 0.327 e. The lowest BCUT2D eigenvalue weighted by Gasteiger charge is -2.35. The summed E-state index contributed by atoms with van der Waals surface area (Å²) in [7, 11) is 0. The number of hydrogen-bond acceptors (Lipinski definition) is 4. The van der Waals surface area contributed by atoms with Crippen molar-refractivity contribution in [2.75, 3.05) is 31.3 Å². The van der Waals surface area contributed by atoms with Gasteiger partial charge in [0.1, 0.15) is 11.9 Å². The van der Waals surface area contributed by atoms with Gasteiger partial charge in [-0.3, -0.25) is 14.5 Å². The Morgan fingerprint density at radius 2 is 2.00 bits per heavy atom. The molecule has 4 rings (SSSR count). The second kappa shape index (κ2) is 6.68. The van der Waals surface area contributed by atoms with Crippen LogP contribution in [-0.2, 0) is 16.1 Å². The van der Waals surface area contributed by atoms with Crippen LogP contribution in [0.15, 0.2) is 30.3 Å². The molecule has 132 valence electrons. The first kappa shape index (κ1) is 16.4. The largest absolute Gasteiger partial charge is 0.333 e. The fourth-order valence-electron chi connectivity index (χ4n) is 3.62. The third kappa shape index (κ3) is 3.00. The van der Waals surface area contributed by atoms with E-state index >= 15 is 0 Å². The van der Waals surface area contributed by atoms with Crippen LogP contribution in [0.1, 0.15) is 5.56 Å². The highest BCUT2D eigenvalue weighted by Crippen LogP contribution is 2.24. The second-order valence-electron chi connectivity index (χ2n) is 6.57. The SMILES string of the molecule is O=C([C@@H]1CSC[NH2+]1)N1CCN2C(=O)N(Cc3ccccc3)C(=O)[C@H]2C1. The summed E-state index contributed by atoms with van der Waals surface area (Å²) in [6, 6.07) is 8.67. The molecule has 3 saturated heterocycles. The summed E-state index contributed by atoms with van der Waals surface area (Å²) >= 11 is 1.75. The standard InChI is InChI=1S/C17H20N4O3S/c22-15(13-10-25-11-18-13)19-6-7-20-14(9-19)16(23)21(17(20)24)8-12-4-2-1-3-5-12/h1-5,13-14,18H,6-11H2/p+1/t13-,14+/m0/s1. The zero-order chi connectivity index (χ0) is 17.4. The Hall–Kier alpha value is -2.06. The Bertz CT molecular complexity index is 692. The minimum atomic E-state index is -0.539. The van der Waals surface area contributed by atoms with Crippen molar-refractivity contribution in [3.8, 4) is 0 Å². The Morgan fingerprint density at radius 3 is 2.72 bits per heavy atom. The summed E-state index contributed by atoms with van der Waals surface area (Å²) in [5.74, 6) is 1.61. The molecular formula is C17H21N4O3S+. The molecule has 0 aromatic heterocycles. The fourth-order valence-corrected chi connectivity index (χ4v) is 4.66. The topological polar surface area (TPSA) is 77.5 Å². The molecule has 1 aromatic rings. The summed E-state index contributed by atoms with van der Waals surface area (Å²) in [6.07, 6.45) is 0. The van der Waals surface area contributed by atoms with Gasteiger partial charge in [0.05, 0.1) is 18.8 Å². The summed E-state index contributed by atoms with van der Waals surface area (Å²) in [5.41, 5.74) is 0.926. The average molecular weight is 361 g/mol. The van der Waals surface area contributed by atoms with Gasteiger partial charge in [-0.05, 0) is 5.56 Å². The van der Waals surface area contributed by atoms with Crippen LogP contribution in [0, 0.1) is 0 Å². The molecule has 0 unspecified atom stereocenters. The van der Waals surface area contributed by atoms with E-state index in [1.54, 1.807) is 21.6 Å². The molecule has 0 bridgehead atoms. The van der Waals surface area contributed by atoms with Gasteiger partial charge in [0.2, 0.25) is 0 Å². The summed E-state index contributed by atoms with van der Waals surface area (Å²) in [4.78, 5) is 42.6. The van der Waals surface area contributed by atoms with E-state index in [1.165, 1.54) is 4.90 Å². The highest BCUT2D eigenvalue weighted by atomic mass is 32.2. The molecule has 3 aliphatic rings. The van der Waals surface area contributed by atoms with E-state index in [0.717, 1.165) is 17.2 Å². The lowest BCUT2D eigenvalue weighted by molar-refractivity contribution is -0.649. The molecule has 25 heavy (non-hydrogen) atoms. The van der Waals surface area contributed by atoms with Crippen molar-refractivity contribution in [2.45, 2.75) is 18.6 Å². The number of urea groups is 1. The Kier molecular flexibility index (Phi) is 4.39. The number of amides is 4. The number of carbonyl (C=O) groups excluding carboxylic acids is 3. The first-order valence-corrected chi connectivity index (χ1v) is 9.66. The number of imide groups is 1. The van der Waals surface area contributed by atoms with Crippen molar-refractivity contribution in [2.24, 2.45) is 0 Å². The molecular weight excluding hydrogens is 340 g/mol. The summed E-state index contributed by atoms with van der Waals surface area (Å²) in [5, 5.41) is 2.04. The van der Waals surface area contributed by atoms with Crippen molar-refractivity contribution in [3.05, 3.63) is 35.9 Å². The van der Waals surface area contributed by atoms with Gasteiger partial charge in [-0.1, -0.05) is 42.1 Å². The van der Waals surface area contributed by atoms with Gasteiger partial charge >= 0.3 is 6.03 Å². The number of hydrogen-bond donors (Lipinski definition) is 1. The predicted molar refractivity (Wildman–Crippen MR) is 92.5 cm³/mol. The number of carbonyl (C=O) groups is 3.